The van der Waals surface area contributed by atoms with E-state index in [4.69, 9.17) is 11.6 Å². The predicted octanol–water partition coefficient (Wildman–Crippen LogP) is 1.42. The third-order valence-corrected chi connectivity index (χ3v) is 4.84. The molecule has 3 rings (SSSR count). The fourth-order valence-electron chi connectivity index (χ4n) is 3.30. The molecular formula is C14H16ClN3O2. The van der Waals surface area contributed by atoms with E-state index >= 15 is 0 Å². The molecule has 0 spiro atoms. The van der Waals surface area contributed by atoms with Gasteiger partial charge in [0.1, 0.15) is 0 Å². The highest BCUT2D eigenvalue weighted by atomic mass is 35.5. The molecule has 6 heteroatoms. The standard InChI is InChI=1S/C14H16ClN3O2/c15-12-5-10-11(7-19)9(12)6-13(10)17-18-14(20)8-1-3-16-4-2-8/h1-4,9-12,19H,5-7H2,(H,18,20)/b17-13-/t9-,10-,11-,12-/m0/s1. The highest BCUT2D eigenvalue weighted by Crippen LogP contribution is 2.49. The van der Waals surface area contributed by atoms with Gasteiger partial charge in [-0.15, -0.1) is 11.6 Å². The number of carbonyl (C=O) groups excluding carboxylic acids is 1. The van der Waals surface area contributed by atoms with Gasteiger partial charge in [-0.05, 0) is 36.8 Å². The smallest absolute Gasteiger partial charge is 0.271 e. The minimum Gasteiger partial charge on any atom is -0.396 e. The summed E-state index contributed by atoms with van der Waals surface area (Å²) in [5.74, 6) is 0.424. The molecule has 4 atom stereocenters. The number of rotatable bonds is 3. The number of fused-ring (bicyclic) bond motifs is 2. The van der Waals surface area contributed by atoms with Crippen LogP contribution in [0.1, 0.15) is 23.2 Å². The number of hydrazone groups is 1. The van der Waals surface area contributed by atoms with Crippen LogP contribution < -0.4 is 5.43 Å². The first-order valence-corrected chi connectivity index (χ1v) is 7.16. The Labute approximate surface area is 122 Å². The predicted molar refractivity (Wildman–Crippen MR) is 75.6 cm³/mol. The number of hydrogen-bond acceptors (Lipinski definition) is 4. The number of aliphatic hydroxyl groups excluding tert-OH is 1. The first-order chi connectivity index (χ1) is 9.70. The fourth-order valence-corrected chi connectivity index (χ4v) is 3.76. The number of nitrogens with one attached hydrogen (secondary N) is 1. The molecule has 2 bridgehead atoms. The van der Waals surface area contributed by atoms with Crippen molar-refractivity contribution in [3.05, 3.63) is 30.1 Å². The summed E-state index contributed by atoms with van der Waals surface area (Å²) in [6.07, 6.45) is 4.74. The van der Waals surface area contributed by atoms with Crippen LogP contribution in [0, 0.1) is 17.8 Å². The number of hydrogen-bond donors (Lipinski definition) is 2. The van der Waals surface area contributed by atoms with Crippen LogP contribution in [0.25, 0.3) is 0 Å². The molecule has 1 aromatic heterocycles. The number of amides is 1. The van der Waals surface area contributed by atoms with E-state index < -0.39 is 0 Å². The third kappa shape index (κ3) is 2.31. The Kier molecular flexibility index (Phi) is 3.72. The van der Waals surface area contributed by atoms with E-state index in [-0.39, 0.29) is 35.6 Å². The van der Waals surface area contributed by atoms with Crippen LogP contribution in [-0.4, -0.2) is 33.7 Å². The quantitative estimate of drug-likeness (QED) is 0.654. The Bertz CT molecular complexity index is 534. The normalized spacial score (nSPS) is 33.6. The zero-order valence-electron chi connectivity index (χ0n) is 10.9. The third-order valence-electron chi connectivity index (χ3n) is 4.34. The first-order valence-electron chi connectivity index (χ1n) is 6.72. The fraction of sp³-hybridized carbons (Fsp3) is 0.500. The molecule has 0 aromatic carbocycles. The summed E-state index contributed by atoms with van der Waals surface area (Å²) in [4.78, 5) is 15.8. The SMILES string of the molecule is O=C(N/N=C1/C[C@H]2[C@H](CO)[C@@H]1C[C@@H]2Cl)c1ccncc1. The Morgan fingerprint density at radius 3 is 2.90 bits per heavy atom. The Hall–Kier alpha value is -1.46. The zero-order valence-corrected chi connectivity index (χ0v) is 11.6. The van der Waals surface area contributed by atoms with Gasteiger partial charge in [-0.3, -0.25) is 9.78 Å². The largest absolute Gasteiger partial charge is 0.396 e. The monoisotopic (exact) mass is 293 g/mol. The van der Waals surface area contributed by atoms with Crippen LogP contribution in [0.5, 0.6) is 0 Å². The molecule has 1 heterocycles. The summed E-state index contributed by atoms with van der Waals surface area (Å²) in [7, 11) is 0. The Balaban J connectivity index is 1.68. The highest BCUT2D eigenvalue weighted by molar-refractivity contribution is 6.22. The lowest BCUT2D eigenvalue weighted by Gasteiger charge is -2.16. The molecule has 0 unspecified atom stereocenters. The molecular weight excluding hydrogens is 278 g/mol. The second-order valence-corrected chi connectivity index (χ2v) is 5.91. The van der Waals surface area contributed by atoms with Gasteiger partial charge >= 0.3 is 0 Å². The van der Waals surface area contributed by atoms with Gasteiger partial charge in [0.25, 0.3) is 5.91 Å². The lowest BCUT2D eigenvalue weighted by Crippen LogP contribution is -2.24. The molecule has 1 aromatic rings. The minimum atomic E-state index is -0.245. The van der Waals surface area contributed by atoms with Crippen molar-refractivity contribution in [1.29, 1.82) is 0 Å². The zero-order chi connectivity index (χ0) is 14.1. The molecule has 20 heavy (non-hydrogen) atoms. The van der Waals surface area contributed by atoms with Gasteiger partial charge in [0, 0.05) is 41.6 Å². The molecule has 2 N–H and O–H groups in total. The topological polar surface area (TPSA) is 74.6 Å². The van der Waals surface area contributed by atoms with Gasteiger partial charge in [0.15, 0.2) is 0 Å². The summed E-state index contributed by atoms with van der Waals surface area (Å²) < 4.78 is 0. The average Bonchev–Trinajstić information content (AvgIpc) is 2.98. The van der Waals surface area contributed by atoms with Crippen LogP contribution in [-0.2, 0) is 0 Å². The van der Waals surface area contributed by atoms with Gasteiger partial charge in [-0.25, -0.2) is 5.43 Å². The van der Waals surface area contributed by atoms with Crippen molar-refractivity contribution < 1.29 is 9.90 Å². The van der Waals surface area contributed by atoms with Gasteiger partial charge in [0.05, 0.1) is 0 Å². The summed E-state index contributed by atoms with van der Waals surface area (Å²) in [5.41, 5.74) is 4.06. The number of carbonyl (C=O) groups is 1. The maximum atomic E-state index is 11.9. The number of aliphatic hydroxyl groups is 1. The second kappa shape index (κ2) is 5.50. The lowest BCUT2D eigenvalue weighted by molar-refractivity contribution is 0.0954. The highest BCUT2D eigenvalue weighted by Gasteiger charge is 2.50. The van der Waals surface area contributed by atoms with E-state index in [9.17, 15) is 9.90 Å². The van der Waals surface area contributed by atoms with Crippen molar-refractivity contribution in [2.24, 2.45) is 22.9 Å². The molecule has 2 aliphatic carbocycles. The van der Waals surface area contributed by atoms with Crippen molar-refractivity contribution in [3.63, 3.8) is 0 Å². The molecule has 2 fully saturated rings. The number of aromatic nitrogens is 1. The van der Waals surface area contributed by atoms with E-state index in [0.717, 1.165) is 18.6 Å². The van der Waals surface area contributed by atoms with E-state index in [1.165, 1.54) is 0 Å². The van der Waals surface area contributed by atoms with E-state index in [1.807, 2.05) is 0 Å². The van der Waals surface area contributed by atoms with Gasteiger partial charge in [0.2, 0.25) is 0 Å². The Morgan fingerprint density at radius 1 is 1.50 bits per heavy atom. The van der Waals surface area contributed by atoms with E-state index in [0.29, 0.717) is 5.56 Å². The summed E-state index contributed by atoms with van der Waals surface area (Å²) in [6, 6.07) is 3.28. The molecule has 0 radical (unpaired) electrons. The minimum absolute atomic E-state index is 0.118. The van der Waals surface area contributed by atoms with Crippen molar-refractivity contribution >= 4 is 23.2 Å². The summed E-state index contributed by atoms with van der Waals surface area (Å²) in [5, 5.41) is 13.8. The molecule has 2 saturated carbocycles. The van der Waals surface area contributed by atoms with E-state index in [2.05, 4.69) is 15.5 Å². The summed E-state index contributed by atoms with van der Waals surface area (Å²) in [6.45, 7) is 0.135. The van der Waals surface area contributed by atoms with Crippen molar-refractivity contribution in [2.75, 3.05) is 6.61 Å². The molecule has 0 aliphatic heterocycles. The molecule has 0 saturated heterocycles. The van der Waals surface area contributed by atoms with Crippen LogP contribution >= 0.6 is 11.6 Å². The van der Waals surface area contributed by atoms with Gasteiger partial charge < -0.3 is 5.11 Å². The van der Waals surface area contributed by atoms with Crippen molar-refractivity contribution in [2.45, 2.75) is 18.2 Å². The summed E-state index contributed by atoms with van der Waals surface area (Å²) >= 11 is 6.25. The molecule has 2 aliphatic rings. The number of pyridine rings is 1. The second-order valence-electron chi connectivity index (χ2n) is 5.35. The maximum absolute atomic E-state index is 11.9. The molecule has 106 valence electrons. The van der Waals surface area contributed by atoms with Gasteiger partial charge in [-0.2, -0.15) is 5.10 Å². The molecule has 1 amide bonds. The van der Waals surface area contributed by atoms with E-state index in [1.54, 1.807) is 24.5 Å². The number of nitrogens with zero attached hydrogens (tertiary/aromatic N) is 2. The van der Waals surface area contributed by atoms with Crippen molar-refractivity contribution in [3.8, 4) is 0 Å². The lowest BCUT2D eigenvalue weighted by atomic mass is 9.98. The van der Waals surface area contributed by atoms with Crippen LogP contribution in [0.15, 0.2) is 29.6 Å². The maximum Gasteiger partial charge on any atom is 0.271 e. The Morgan fingerprint density at radius 2 is 2.25 bits per heavy atom. The van der Waals surface area contributed by atoms with Crippen molar-refractivity contribution in [1.82, 2.24) is 10.4 Å². The van der Waals surface area contributed by atoms with Crippen LogP contribution in [0.2, 0.25) is 0 Å². The number of alkyl halides is 1. The van der Waals surface area contributed by atoms with Crippen LogP contribution in [0.3, 0.4) is 0 Å². The van der Waals surface area contributed by atoms with Crippen LogP contribution in [0.4, 0.5) is 0 Å². The number of halogens is 1. The first kappa shape index (κ1) is 13.5. The molecule has 5 nitrogen and oxygen atoms in total. The average molecular weight is 294 g/mol. The van der Waals surface area contributed by atoms with Gasteiger partial charge in [-0.1, -0.05) is 0 Å².